The van der Waals surface area contributed by atoms with Crippen molar-refractivity contribution in [1.29, 1.82) is 0 Å². The lowest BCUT2D eigenvalue weighted by atomic mass is 9.89. The second kappa shape index (κ2) is 5.25. The van der Waals surface area contributed by atoms with Gasteiger partial charge in [-0.05, 0) is 18.3 Å². The molecule has 0 radical (unpaired) electrons. The van der Waals surface area contributed by atoms with Crippen LogP contribution < -0.4 is 5.32 Å². The van der Waals surface area contributed by atoms with Gasteiger partial charge in [0.2, 0.25) is 0 Å². The number of hydrogen-bond donors (Lipinski definition) is 2. The average Bonchev–Trinajstić information content (AvgIpc) is 2.57. The van der Waals surface area contributed by atoms with Gasteiger partial charge < -0.3 is 10.4 Å². The summed E-state index contributed by atoms with van der Waals surface area (Å²) < 4.78 is 37.0. The van der Waals surface area contributed by atoms with Crippen molar-refractivity contribution in [3.8, 4) is 0 Å². The van der Waals surface area contributed by atoms with Crippen LogP contribution in [0.4, 0.5) is 13.2 Å². The van der Waals surface area contributed by atoms with Gasteiger partial charge in [-0.15, -0.1) is 0 Å². The number of halogens is 3. The quantitative estimate of drug-likeness (QED) is 0.791. The molecule has 100 valence electrons. The molecule has 1 aliphatic rings. The van der Waals surface area contributed by atoms with Crippen molar-refractivity contribution in [3.05, 3.63) is 0 Å². The first-order chi connectivity index (χ1) is 7.75. The zero-order valence-corrected chi connectivity index (χ0v) is 9.81. The normalized spacial score (nSPS) is 21.4. The van der Waals surface area contributed by atoms with Gasteiger partial charge in [0.05, 0.1) is 0 Å². The zero-order chi connectivity index (χ0) is 13.1. The lowest BCUT2D eigenvalue weighted by Gasteiger charge is -2.25. The molecule has 1 unspecified atom stereocenters. The number of alkyl halides is 3. The molecule has 1 aliphatic carbocycles. The summed E-state index contributed by atoms with van der Waals surface area (Å²) in [5.41, 5.74) is 0.0225. The second-order valence-electron chi connectivity index (χ2n) is 5.08. The maximum absolute atomic E-state index is 12.3. The van der Waals surface area contributed by atoms with Crippen LogP contribution >= 0.6 is 0 Å². The maximum Gasteiger partial charge on any atom is 0.403 e. The first kappa shape index (κ1) is 14.3. The van der Waals surface area contributed by atoms with Crippen molar-refractivity contribution < 1.29 is 23.1 Å². The summed E-state index contributed by atoms with van der Waals surface area (Å²) in [7, 11) is 0. The molecule has 0 heterocycles. The van der Waals surface area contributed by atoms with Crippen LogP contribution in [0.2, 0.25) is 0 Å². The van der Waals surface area contributed by atoms with Crippen LogP contribution in [0.25, 0.3) is 0 Å². The number of carboxylic acids is 1. The molecule has 0 aromatic rings. The van der Waals surface area contributed by atoms with Gasteiger partial charge in [-0.2, -0.15) is 13.2 Å². The van der Waals surface area contributed by atoms with E-state index in [4.69, 9.17) is 5.11 Å². The molecular formula is C11H18F3NO2. The highest BCUT2D eigenvalue weighted by molar-refractivity contribution is 5.71. The third-order valence-corrected chi connectivity index (χ3v) is 3.40. The van der Waals surface area contributed by atoms with Crippen molar-refractivity contribution in [1.82, 2.24) is 5.32 Å². The summed E-state index contributed by atoms with van der Waals surface area (Å²) in [5, 5.41) is 11.2. The third kappa shape index (κ3) is 4.18. The fraction of sp³-hybridized carbons (Fsp3) is 0.909. The standard InChI is InChI=1S/C11H18F3NO2/c1-10(4-2-3-5-10)7-15-6-8(9(16)17)11(12,13)14/h8,15H,2-7H2,1H3,(H,16,17). The van der Waals surface area contributed by atoms with Gasteiger partial charge in [-0.25, -0.2) is 0 Å². The largest absolute Gasteiger partial charge is 0.481 e. The predicted molar refractivity (Wildman–Crippen MR) is 56.6 cm³/mol. The lowest BCUT2D eigenvalue weighted by Crippen LogP contribution is -2.41. The Balaban J connectivity index is 2.40. The second-order valence-corrected chi connectivity index (χ2v) is 5.08. The van der Waals surface area contributed by atoms with E-state index >= 15 is 0 Å². The molecule has 17 heavy (non-hydrogen) atoms. The molecule has 1 saturated carbocycles. The molecule has 0 spiro atoms. The summed E-state index contributed by atoms with van der Waals surface area (Å²) in [6, 6.07) is 0. The van der Waals surface area contributed by atoms with Crippen molar-refractivity contribution in [2.75, 3.05) is 13.1 Å². The van der Waals surface area contributed by atoms with E-state index in [1.165, 1.54) is 0 Å². The van der Waals surface area contributed by atoms with Gasteiger partial charge >= 0.3 is 12.1 Å². The molecule has 0 aromatic heterocycles. The van der Waals surface area contributed by atoms with Crippen LogP contribution in [-0.2, 0) is 4.79 Å². The first-order valence-electron chi connectivity index (χ1n) is 5.75. The van der Waals surface area contributed by atoms with E-state index in [0.717, 1.165) is 25.7 Å². The number of nitrogens with one attached hydrogen (secondary N) is 1. The van der Waals surface area contributed by atoms with Gasteiger partial charge in [0.15, 0.2) is 5.92 Å². The zero-order valence-electron chi connectivity index (χ0n) is 9.81. The van der Waals surface area contributed by atoms with E-state index in [1.54, 1.807) is 0 Å². The Kier molecular flexibility index (Phi) is 4.41. The minimum atomic E-state index is -4.69. The Bertz CT molecular complexity index is 272. The number of aliphatic carboxylic acids is 1. The summed E-state index contributed by atoms with van der Waals surface area (Å²) in [5.74, 6) is -4.13. The average molecular weight is 253 g/mol. The van der Waals surface area contributed by atoms with Gasteiger partial charge in [-0.1, -0.05) is 19.8 Å². The number of rotatable bonds is 5. The first-order valence-corrected chi connectivity index (χ1v) is 5.75. The maximum atomic E-state index is 12.3. The third-order valence-electron chi connectivity index (χ3n) is 3.40. The number of carbonyl (C=O) groups is 1. The molecule has 0 saturated heterocycles. The molecular weight excluding hydrogens is 235 g/mol. The molecule has 1 rings (SSSR count). The molecule has 1 atom stereocenters. The van der Waals surface area contributed by atoms with Gasteiger partial charge in [0.1, 0.15) is 0 Å². The molecule has 0 amide bonds. The SMILES string of the molecule is CC1(CNCC(C(=O)O)C(F)(F)F)CCCC1. The Morgan fingerprint density at radius 1 is 1.41 bits per heavy atom. The fourth-order valence-corrected chi connectivity index (χ4v) is 2.27. The summed E-state index contributed by atoms with van der Waals surface area (Å²) >= 11 is 0. The number of carboxylic acid groups (broad SMARTS) is 1. The van der Waals surface area contributed by atoms with Crippen LogP contribution in [0.15, 0.2) is 0 Å². The Morgan fingerprint density at radius 3 is 2.35 bits per heavy atom. The Hall–Kier alpha value is -0.780. The van der Waals surface area contributed by atoms with Crippen LogP contribution in [0.3, 0.4) is 0 Å². The number of hydrogen-bond acceptors (Lipinski definition) is 2. The minimum Gasteiger partial charge on any atom is -0.481 e. The Labute approximate surface area is 98.4 Å². The van der Waals surface area contributed by atoms with Crippen molar-refractivity contribution >= 4 is 5.97 Å². The highest BCUT2D eigenvalue weighted by atomic mass is 19.4. The van der Waals surface area contributed by atoms with Crippen molar-refractivity contribution in [2.24, 2.45) is 11.3 Å². The highest BCUT2D eigenvalue weighted by Gasteiger charge is 2.45. The predicted octanol–water partition coefficient (Wildman–Crippen LogP) is 2.42. The van der Waals surface area contributed by atoms with E-state index in [2.05, 4.69) is 5.32 Å². The Morgan fingerprint density at radius 2 is 1.94 bits per heavy atom. The van der Waals surface area contributed by atoms with E-state index in [9.17, 15) is 18.0 Å². The summed E-state index contributed by atoms with van der Waals surface area (Å²) in [6.07, 6.45) is -0.511. The van der Waals surface area contributed by atoms with Gasteiger partial charge in [-0.3, -0.25) is 4.79 Å². The van der Waals surface area contributed by atoms with Gasteiger partial charge in [0, 0.05) is 13.1 Å². The van der Waals surface area contributed by atoms with Crippen LogP contribution in [0.1, 0.15) is 32.6 Å². The molecule has 2 N–H and O–H groups in total. The van der Waals surface area contributed by atoms with Crippen LogP contribution in [0, 0.1) is 11.3 Å². The molecule has 1 fully saturated rings. The smallest absolute Gasteiger partial charge is 0.403 e. The van der Waals surface area contributed by atoms with E-state index < -0.39 is 24.6 Å². The van der Waals surface area contributed by atoms with E-state index in [0.29, 0.717) is 6.54 Å². The van der Waals surface area contributed by atoms with Gasteiger partial charge in [0.25, 0.3) is 0 Å². The summed E-state index contributed by atoms with van der Waals surface area (Å²) in [4.78, 5) is 10.5. The van der Waals surface area contributed by atoms with E-state index in [1.807, 2.05) is 6.92 Å². The monoisotopic (exact) mass is 253 g/mol. The fourth-order valence-electron chi connectivity index (χ4n) is 2.27. The summed E-state index contributed by atoms with van der Waals surface area (Å²) in [6.45, 7) is 1.93. The molecule has 6 heteroatoms. The highest BCUT2D eigenvalue weighted by Crippen LogP contribution is 2.36. The van der Waals surface area contributed by atoms with E-state index in [-0.39, 0.29) is 5.41 Å². The molecule has 0 aliphatic heterocycles. The molecule has 3 nitrogen and oxygen atoms in total. The van der Waals surface area contributed by atoms with Crippen LogP contribution in [0.5, 0.6) is 0 Å². The topological polar surface area (TPSA) is 49.3 Å². The molecule has 0 bridgehead atoms. The molecule has 0 aromatic carbocycles. The van der Waals surface area contributed by atoms with Crippen LogP contribution in [-0.4, -0.2) is 30.3 Å². The minimum absolute atomic E-state index is 0.0225. The van der Waals surface area contributed by atoms with Crippen molar-refractivity contribution in [2.45, 2.75) is 38.8 Å². The van der Waals surface area contributed by atoms with Crippen molar-refractivity contribution in [3.63, 3.8) is 0 Å². The lowest BCUT2D eigenvalue weighted by molar-refractivity contribution is -0.192.